The number of amides is 1. The average molecular weight is 653 g/mol. The molecular weight excluding hydrogens is 626 g/mol. The third kappa shape index (κ3) is 6.81. The van der Waals surface area contributed by atoms with Gasteiger partial charge in [-0.2, -0.15) is 39.9 Å². The summed E-state index contributed by atoms with van der Waals surface area (Å²) in [6.07, 6.45) is -3.86. The summed E-state index contributed by atoms with van der Waals surface area (Å²) in [7, 11) is -5.83. The first-order valence-corrected chi connectivity index (χ1v) is 15.3. The van der Waals surface area contributed by atoms with Gasteiger partial charge in [0.2, 0.25) is 5.91 Å². The maximum absolute atomic E-state index is 12.9. The van der Waals surface area contributed by atoms with E-state index in [1.807, 2.05) is 5.38 Å². The number of hydrogen-bond donors (Lipinski definition) is 2. The van der Waals surface area contributed by atoms with Crippen molar-refractivity contribution >= 4 is 27.4 Å². The molecule has 1 unspecified atom stereocenters. The number of fused-ring (bicyclic) bond motifs is 1. The first-order valence-electron chi connectivity index (χ1n) is 13.1. The van der Waals surface area contributed by atoms with Gasteiger partial charge < -0.3 is 9.08 Å². The summed E-state index contributed by atoms with van der Waals surface area (Å²) in [6.45, 7) is 2.22. The minimum absolute atomic E-state index is 0.0180. The van der Waals surface area contributed by atoms with Gasteiger partial charge in [0, 0.05) is 48.7 Å². The number of aryl methyl sites for hydroxylation is 1. The van der Waals surface area contributed by atoms with Crippen LogP contribution in [0.4, 0.5) is 26.3 Å². The van der Waals surface area contributed by atoms with E-state index in [0.717, 1.165) is 21.8 Å². The van der Waals surface area contributed by atoms with Crippen LogP contribution in [-0.2, 0) is 40.7 Å². The van der Waals surface area contributed by atoms with E-state index in [4.69, 9.17) is 4.98 Å². The maximum Gasteiger partial charge on any atom is 0.534 e. The number of piperidine rings is 1. The maximum atomic E-state index is 12.9. The van der Waals surface area contributed by atoms with E-state index < -0.39 is 39.4 Å². The number of rotatable bonds is 6. The summed E-state index contributed by atoms with van der Waals surface area (Å²) in [6, 6.07) is 5.14. The fourth-order valence-electron chi connectivity index (χ4n) is 4.95. The van der Waals surface area contributed by atoms with Crippen molar-refractivity contribution in [3.05, 3.63) is 62.9 Å². The van der Waals surface area contributed by atoms with Crippen LogP contribution in [0.5, 0.6) is 5.75 Å². The Labute approximate surface area is 246 Å². The van der Waals surface area contributed by atoms with Crippen molar-refractivity contribution in [1.29, 1.82) is 0 Å². The highest BCUT2D eigenvalue weighted by molar-refractivity contribution is 7.88. The highest BCUT2D eigenvalue weighted by Gasteiger charge is 2.49. The summed E-state index contributed by atoms with van der Waals surface area (Å²) in [4.78, 5) is 19.1. The lowest BCUT2D eigenvalue weighted by Gasteiger charge is -2.31. The third-order valence-corrected chi connectivity index (χ3v) is 9.27. The lowest BCUT2D eigenvalue weighted by atomic mass is 9.97. The molecule has 43 heavy (non-hydrogen) atoms. The number of nitrogens with one attached hydrogen (secondary N) is 2. The van der Waals surface area contributed by atoms with E-state index >= 15 is 0 Å². The van der Waals surface area contributed by atoms with Crippen molar-refractivity contribution in [3.63, 3.8) is 0 Å². The molecule has 2 aliphatic rings. The molecule has 1 fully saturated rings. The summed E-state index contributed by atoms with van der Waals surface area (Å²) in [5, 5.41) is 12.6. The standard InChI is InChI=1S/C25H26F6N6O4S2/c1-14-9-20(24(26,27)28)35-37(14)12-21(38)36-7-5-15(6-8-36)23-34-18(13-42-23)22-32-10-16-3-2-4-19(17(16)11-33-22)41-43(39,40)25(29,30)31/h2-4,9,13,15,22,32-33H,5-8,10-12H2,1H3. The van der Waals surface area contributed by atoms with Crippen molar-refractivity contribution in [2.24, 2.45) is 0 Å². The number of alkyl halides is 6. The van der Waals surface area contributed by atoms with Crippen LogP contribution >= 0.6 is 11.3 Å². The molecule has 3 aromatic rings. The molecule has 1 saturated heterocycles. The Morgan fingerprint density at radius 2 is 1.81 bits per heavy atom. The minimum atomic E-state index is -5.83. The number of thiazole rings is 1. The Balaban J connectivity index is 1.18. The molecule has 5 rings (SSSR count). The third-order valence-electron chi connectivity index (χ3n) is 7.28. The molecule has 0 saturated carbocycles. The number of halogens is 6. The molecule has 1 aromatic carbocycles. The van der Waals surface area contributed by atoms with Gasteiger partial charge in [0.15, 0.2) is 5.69 Å². The number of hydrogen-bond acceptors (Lipinski definition) is 9. The van der Waals surface area contributed by atoms with Crippen molar-refractivity contribution in [1.82, 2.24) is 30.3 Å². The zero-order valence-electron chi connectivity index (χ0n) is 22.5. The van der Waals surface area contributed by atoms with E-state index in [-0.39, 0.29) is 42.7 Å². The first-order chi connectivity index (χ1) is 20.1. The Morgan fingerprint density at radius 3 is 2.47 bits per heavy atom. The van der Waals surface area contributed by atoms with Crippen LogP contribution in [0.2, 0.25) is 0 Å². The van der Waals surface area contributed by atoms with Gasteiger partial charge in [-0.05, 0) is 37.5 Å². The largest absolute Gasteiger partial charge is 0.534 e. The van der Waals surface area contributed by atoms with Crippen molar-refractivity contribution in [2.45, 2.75) is 63.2 Å². The minimum Gasteiger partial charge on any atom is -0.376 e. The fraction of sp³-hybridized carbons (Fsp3) is 0.480. The fourth-order valence-corrected chi connectivity index (χ4v) is 6.46. The molecule has 0 spiro atoms. The van der Waals surface area contributed by atoms with Gasteiger partial charge in [0.1, 0.15) is 18.5 Å². The zero-order valence-corrected chi connectivity index (χ0v) is 24.1. The van der Waals surface area contributed by atoms with Gasteiger partial charge in [-0.25, -0.2) is 4.98 Å². The number of nitrogens with zero attached hydrogens (tertiary/aromatic N) is 4. The molecule has 4 heterocycles. The predicted molar refractivity (Wildman–Crippen MR) is 141 cm³/mol. The number of likely N-dealkylation sites (tertiary alicyclic amines) is 1. The Bertz CT molecular complexity index is 1600. The van der Waals surface area contributed by atoms with Crippen LogP contribution in [0, 0.1) is 6.92 Å². The van der Waals surface area contributed by atoms with Crippen molar-refractivity contribution in [2.75, 3.05) is 13.1 Å². The first kappa shape index (κ1) is 31.2. The van der Waals surface area contributed by atoms with Crippen LogP contribution in [0.15, 0.2) is 29.6 Å². The second-order valence-electron chi connectivity index (χ2n) is 10.2. The van der Waals surface area contributed by atoms with Crippen molar-refractivity contribution in [3.8, 4) is 5.75 Å². The summed E-state index contributed by atoms with van der Waals surface area (Å²) >= 11 is 1.43. The smallest absolute Gasteiger partial charge is 0.376 e. The van der Waals surface area contributed by atoms with Crippen molar-refractivity contribution < 1.29 is 43.7 Å². The van der Waals surface area contributed by atoms with E-state index in [9.17, 15) is 39.6 Å². The second kappa shape index (κ2) is 11.7. The van der Waals surface area contributed by atoms with Gasteiger partial charge in [0.25, 0.3) is 0 Å². The predicted octanol–water partition coefficient (Wildman–Crippen LogP) is 4.19. The van der Waals surface area contributed by atoms with E-state index in [1.165, 1.54) is 24.3 Å². The lowest BCUT2D eigenvalue weighted by Crippen LogP contribution is -2.40. The topological polar surface area (TPSA) is 118 Å². The SMILES string of the molecule is Cc1cc(C(F)(F)F)nn1CC(=O)N1CCC(c2nc(C3NCc4cccc(OS(=O)(=O)C(F)(F)F)c4CN3)cs2)CC1. The molecule has 10 nitrogen and oxygen atoms in total. The number of carbonyl (C=O) groups excluding carboxylic acids is 1. The molecule has 2 aromatic heterocycles. The van der Waals surface area contributed by atoms with Gasteiger partial charge in [-0.3, -0.25) is 20.1 Å². The Kier molecular flexibility index (Phi) is 8.49. The zero-order chi connectivity index (χ0) is 31.2. The van der Waals surface area contributed by atoms with Gasteiger partial charge in [0.05, 0.1) is 10.7 Å². The van der Waals surface area contributed by atoms with Crippen LogP contribution in [0.1, 0.15) is 58.1 Å². The molecule has 1 atom stereocenters. The van der Waals surface area contributed by atoms with Crippen LogP contribution in [0.25, 0.3) is 0 Å². The molecule has 0 radical (unpaired) electrons. The number of benzene rings is 1. The van der Waals surface area contributed by atoms with E-state index in [2.05, 4.69) is 19.9 Å². The van der Waals surface area contributed by atoms with E-state index in [1.54, 1.807) is 11.0 Å². The molecular formula is C25H26F6N6O4S2. The molecule has 2 N–H and O–H groups in total. The van der Waals surface area contributed by atoms with Crippen LogP contribution in [-0.4, -0.2) is 52.6 Å². The Morgan fingerprint density at radius 1 is 1.12 bits per heavy atom. The summed E-state index contributed by atoms with van der Waals surface area (Å²) < 4.78 is 106. The summed E-state index contributed by atoms with van der Waals surface area (Å²) in [5.74, 6) is -0.675. The van der Waals surface area contributed by atoms with Gasteiger partial charge in [-0.1, -0.05) is 12.1 Å². The molecule has 18 heteroatoms. The van der Waals surface area contributed by atoms with Gasteiger partial charge in [-0.15, -0.1) is 11.3 Å². The average Bonchev–Trinajstić information content (AvgIpc) is 3.50. The van der Waals surface area contributed by atoms with E-state index in [0.29, 0.717) is 37.2 Å². The number of aromatic nitrogens is 3. The second-order valence-corrected chi connectivity index (χ2v) is 12.6. The molecule has 0 aliphatic carbocycles. The highest BCUT2D eigenvalue weighted by atomic mass is 32.2. The van der Waals surface area contributed by atoms with Gasteiger partial charge >= 0.3 is 21.8 Å². The van der Waals surface area contributed by atoms with Crippen LogP contribution < -0.4 is 14.8 Å². The summed E-state index contributed by atoms with van der Waals surface area (Å²) in [5.41, 5.74) is -4.87. The van der Waals surface area contributed by atoms with Crippen LogP contribution in [0.3, 0.4) is 0 Å². The molecule has 1 amide bonds. The quantitative estimate of drug-likeness (QED) is 0.231. The highest BCUT2D eigenvalue weighted by Crippen LogP contribution is 2.34. The molecule has 0 bridgehead atoms. The lowest BCUT2D eigenvalue weighted by molar-refractivity contribution is -0.142. The Hall–Kier alpha value is -3.22. The molecule has 2 aliphatic heterocycles. The normalized spacial score (nSPS) is 18.8. The monoisotopic (exact) mass is 652 g/mol. The molecule has 234 valence electrons. The number of carbonyl (C=O) groups is 1.